The molecule has 2 rings (SSSR count). The molecule has 0 aliphatic rings. The molecule has 104 valence electrons. The van der Waals surface area contributed by atoms with Crippen LogP contribution < -0.4 is 5.32 Å². The molecule has 0 fully saturated rings. The van der Waals surface area contributed by atoms with Gasteiger partial charge in [0.15, 0.2) is 0 Å². The molecule has 4 heteroatoms. The van der Waals surface area contributed by atoms with Crippen molar-refractivity contribution in [2.24, 2.45) is 0 Å². The van der Waals surface area contributed by atoms with Gasteiger partial charge >= 0.3 is 0 Å². The Hall–Kier alpha value is -1.87. The van der Waals surface area contributed by atoms with Gasteiger partial charge in [0.25, 0.3) is 5.91 Å². The van der Waals surface area contributed by atoms with Gasteiger partial charge in [-0.15, -0.1) is 0 Å². The fourth-order valence-corrected chi connectivity index (χ4v) is 2.02. The zero-order valence-corrected chi connectivity index (χ0v) is 12.3. The van der Waals surface area contributed by atoms with E-state index in [9.17, 15) is 4.79 Å². The van der Waals surface area contributed by atoms with E-state index in [0.717, 1.165) is 12.1 Å². The largest absolute Gasteiger partial charge is 0.321 e. The van der Waals surface area contributed by atoms with Crippen LogP contribution in [0.4, 0.5) is 5.69 Å². The van der Waals surface area contributed by atoms with E-state index in [0.29, 0.717) is 16.8 Å². The van der Waals surface area contributed by atoms with E-state index >= 15 is 0 Å². The highest BCUT2D eigenvalue weighted by atomic mass is 35.5. The van der Waals surface area contributed by atoms with E-state index in [2.05, 4.69) is 24.1 Å². The lowest BCUT2D eigenvalue weighted by atomic mass is 9.99. The third kappa shape index (κ3) is 3.58. The van der Waals surface area contributed by atoms with E-state index in [4.69, 9.17) is 11.6 Å². The van der Waals surface area contributed by atoms with Crippen molar-refractivity contribution in [2.75, 3.05) is 5.32 Å². The van der Waals surface area contributed by atoms with Crippen molar-refractivity contribution in [1.82, 2.24) is 4.98 Å². The third-order valence-electron chi connectivity index (χ3n) is 3.30. The van der Waals surface area contributed by atoms with Crippen LogP contribution in [0.1, 0.15) is 42.2 Å². The monoisotopic (exact) mass is 288 g/mol. The van der Waals surface area contributed by atoms with Gasteiger partial charge in [0, 0.05) is 5.69 Å². The van der Waals surface area contributed by atoms with Gasteiger partial charge < -0.3 is 5.32 Å². The van der Waals surface area contributed by atoms with Gasteiger partial charge in [-0.05, 0) is 42.2 Å². The van der Waals surface area contributed by atoms with E-state index in [1.807, 2.05) is 24.3 Å². The molecule has 1 aromatic heterocycles. The Kier molecular flexibility index (Phi) is 4.74. The van der Waals surface area contributed by atoms with Crippen LogP contribution in [0.3, 0.4) is 0 Å². The summed E-state index contributed by atoms with van der Waals surface area (Å²) in [6.07, 6.45) is 1.10. The van der Waals surface area contributed by atoms with Gasteiger partial charge in [0.2, 0.25) is 0 Å². The summed E-state index contributed by atoms with van der Waals surface area (Å²) in [6, 6.07) is 12.9. The van der Waals surface area contributed by atoms with Crippen LogP contribution in [0.2, 0.25) is 5.15 Å². The normalized spacial score (nSPS) is 11.9. The van der Waals surface area contributed by atoms with Crippen molar-refractivity contribution in [3.8, 4) is 0 Å². The first-order valence-corrected chi connectivity index (χ1v) is 7.02. The van der Waals surface area contributed by atoms with Crippen LogP contribution >= 0.6 is 11.6 Å². The molecule has 20 heavy (non-hydrogen) atoms. The molecule has 2 aromatic rings. The number of nitrogens with zero attached hydrogens (tertiary/aromatic N) is 1. The Morgan fingerprint density at radius 2 is 1.95 bits per heavy atom. The number of carbonyl (C=O) groups is 1. The van der Waals surface area contributed by atoms with Crippen LogP contribution in [-0.4, -0.2) is 10.9 Å². The van der Waals surface area contributed by atoms with Crippen molar-refractivity contribution in [1.29, 1.82) is 0 Å². The quantitative estimate of drug-likeness (QED) is 0.842. The van der Waals surface area contributed by atoms with Crippen LogP contribution in [-0.2, 0) is 0 Å². The minimum Gasteiger partial charge on any atom is -0.321 e. The van der Waals surface area contributed by atoms with Gasteiger partial charge in [-0.25, -0.2) is 4.98 Å². The Balaban J connectivity index is 2.08. The lowest BCUT2D eigenvalue weighted by molar-refractivity contribution is 0.102. The molecule has 0 aliphatic carbocycles. The molecule has 1 unspecified atom stereocenters. The zero-order chi connectivity index (χ0) is 14.5. The summed E-state index contributed by atoms with van der Waals surface area (Å²) in [5.41, 5.74) is 2.33. The highest BCUT2D eigenvalue weighted by molar-refractivity contribution is 6.29. The number of hydrogen-bond acceptors (Lipinski definition) is 2. The summed E-state index contributed by atoms with van der Waals surface area (Å²) in [7, 11) is 0. The standard InChI is InChI=1S/C16H17ClN2O/c1-3-11(2)12-7-9-13(10-8-12)18-16(20)14-5-4-6-15(17)19-14/h4-11H,3H2,1-2H3,(H,18,20). The molecule has 1 atom stereocenters. The summed E-state index contributed by atoms with van der Waals surface area (Å²) >= 11 is 5.77. The Morgan fingerprint density at radius 3 is 2.55 bits per heavy atom. The fraction of sp³-hybridized carbons (Fsp3) is 0.250. The van der Waals surface area contributed by atoms with Crippen molar-refractivity contribution in [3.63, 3.8) is 0 Å². The predicted molar refractivity (Wildman–Crippen MR) is 82.3 cm³/mol. The molecular weight excluding hydrogens is 272 g/mol. The van der Waals surface area contributed by atoms with Gasteiger partial charge in [-0.3, -0.25) is 4.79 Å². The second kappa shape index (κ2) is 6.53. The first kappa shape index (κ1) is 14.5. The Morgan fingerprint density at radius 1 is 1.25 bits per heavy atom. The molecule has 0 aliphatic heterocycles. The highest BCUT2D eigenvalue weighted by Gasteiger charge is 2.08. The average Bonchev–Trinajstić information content (AvgIpc) is 2.47. The molecule has 0 radical (unpaired) electrons. The van der Waals surface area contributed by atoms with Gasteiger partial charge in [0.05, 0.1) is 0 Å². The van der Waals surface area contributed by atoms with Crippen LogP contribution in [0.5, 0.6) is 0 Å². The topological polar surface area (TPSA) is 42.0 Å². The summed E-state index contributed by atoms with van der Waals surface area (Å²) < 4.78 is 0. The maximum Gasteiger partial charge on any atom is 0.274 e. The summed E-state index contributed by atoms with van der Waals surface area (Å²) in [5, 5.41) is 3.12. The van der Waals surface area contributed by atoms with Crippen molar-refractivity contribution < 1.29 is 4.79 Å². The maximum absolute atomic E-state index is 12.0. The molecule has 1 aromatic carbocycles. The molecule has 0 saturated carbocycles. The SMILES string of the molecule is CCC(C)c1ccc(NC(=O)c2cccc(Cl)n2)cc1. The first-order chi connectivity index (χ1) is 9.60. The van der Waals surface area contributed by atoms with Crippen LogP contribution in [0.25, 0.3) is 0 Å². The van der Waals surface area contributed by atoms with E-state index in [-0.39, 0.29) is 5.91 Å². The molecule has 1 heterocycles. The third-order valence-corrected chi connectivity index (χ3v) is 3.51. The molecule has 3 nitrogen and oxygen atoms in total. The summed E-state index contributed by atoms with van der Waals surface area (Å²) in [4.78, 5) is 16.0. The van der Waals surface area contributed by atoms with Crippen LogP contribution in [0, 0.1) is 0 Å². The number of carbonyl (C=O) groups excluding carboxylic acids is 1. The van der Waals surface area contributed by atoms with Crippen LogP contribution in [0.15, 0.2) is 42.5 Å². The number of amides is 1. The zero-order valence-electron chi connectivity index (χ0n) is 11.6. The minimum absolute atomic E-state index is 0.260. The Labute approximate surface area is 124 Å². The summed E-state index contributed by atoms with van der Waals surface area (Å²) in [6.45, 7) is 4.34. The van der Waals surface area contributed by atoms with Crippen molar-refractivity contribution in [3.05, 3.63) is 58.9 Å². The summed E-state index contributed by atoms with van der Waals surface area (Å²) in [5.74, 6) is 0.262. The second-order valence-electron chi connectivity index (χ2n) is 4.73. The first-order valence-electron chi connectivity index (χ1n) is 6.64. The fourth-order valence-electron chi connectivity index (χ4n) is 1.86. The number of hydrogen-bond donors (Lipinski definition) is 1. The Bertz CT molecular complexity index is 596. The lowest BCUT2D eigenvalue weighted by Gasteiger charge is -2.10. The van der Waals surface area contributed by atoms with Gasteiger partial charge in [0.1, 0.15) is 10.8 Å². The number of anilines is 1. The lowest BCUT2D eigenvalue weighted by Crippen LogP contribution is -2.13. The van der Waals surface area contributed by atoms with Gasteiger partial charge in [-0.2, -0.15) is 0 Å². The molecular formula is C16H17ClN2O. The van der Waals surface area contributed by atoms with Crippen molar-refractivity contribution in [2.45, 2.75) is 26.2 Å². The molecule has 1 N–H and O–H groups in total. The highest BCUT2D eigenvalue weighted by Crippen LogP contribution is 2.20. The van der Waals surface area contributed by atoms with E-state index < -0.39 is 0 Å². The number of pyridine rings is 1. The number of halogens is 1. The number of aromatic nitrogens is 1. The molecule has 0 bridgehead atoms. The van der Waals surface area contributed by atoms with E-state index in [1.54, 1.807) is 18.2 Å². The molecule has 0 spiro atoms. The predicted octanol–water partition coefficient (Wildman–Crippen LogP) is 4.50. The van der Waals surface area contributed by atoms with E-state index in [1.165, 1.54) is 5.56 Å². The van der Waals surface area contributed by atoms with Gasteiger partial charge in [-0.1, -0.05) is 43.6 Å². The number of benzene rings is 1. The second-order valence-corrected chi connectivity index (χ2v) is 5.12. The molecule has 0 saturated heterocycles. The minimum atomic E-state index is -0.260. The van der Waals surface area contributed by atoms with Crippen molar-refractivity contribution >= 4 is 23.2 Å². The maximum atomic E-state index is 12.0. The average molecular weight is 289 g/mol. The smallest absolute Gasteiger partial charge is 0.274 e. The number of nitrogens with one attached hydrogen (secondary N) is 1. The molecule has 1 amide bonds. The number of rotatable bonds is 4.